The number of aliphatic hydroxyl groups excluding tert-OH is 4. The zero-order valence-electron chi connectivity index (χ0n) is 25.7. The van der Waals surface area contributed by atoms with Crippen LogP contribution in [0.5, 0.6) is 0 Å². The molecule has 2 fully saturated rings. The van der Waals surface area contributed by atoms with Gasteiger partial charge in [0.25, 0.3) is 11.1 Å². The van der Waals surface area contributed by atoms with Crippen molar-refractivity contribution in [3.05, 3.63) is 66.2 Å². The Bertz CT molecular complexity index is 1840. The zero-order chi connectivity index (χ0) is 36.7. The first kappa shape index (κ1) is 43.1. The molecule has 278 valence electrons. The third-order valence-electron chi connectivity index (χ3n) is 6.35. The Morgan fingerprint density at radius 3 is 1.26 bits per heavy atom. The summed E-state index contributed by atoms with van der Waals surface area (Å²) in [6.45, 7) is -2.43. The van der Waals surface area contributed by atoms with Crippen molar-refractivity contribution in [2.45, 2.75) is 49.1 Å². The SMILES string of the molecule is O=c1ccn([C@@H]2O[C@H](COP(=O)(O)OP(=O)(O)OP(=O)(O)OP(=O)(O)OC[C@H]3O[C@H](n4ccc(=O)[nH]c4=O)[C@H](O)[C@@H]3O)[C@@H](O)[C@H]2O)c(=O)[nH]1.[H-].[Na+]. The van der Waals surface area contributed by atoms with Crippen LogP contribution in [0.2, 0.25) is 0 Å². The first-order chi connectivity index (χ1) is 22.5. The second-order valence-corrected chi connectivity index (χ2v) is 16.1. The molecule has 12 atom stereocenters. The number of phosphoric acid groups is 4. The summed E-state index contributed by atoms with van der Waals surface area (Å²) in [7, 11) is -24.1. The van der Waals surface area contributed by atoms with Gasteiger partial charge < -0.3 is 50.9 Å². The summed E-state index contributed by atoms with van der Waals surface area (Å²) in [5, 5.41) is 40.7. The van der Waals surface area contributed by atoms with Crippen molar-refractivity contribution in [1.29, 1.82) is 0 Å². The van der Waals surface area contributed by atoms with E-state index in [1.165, 1.54) is 0 Å². The number of rotatable bonds is 14. The van der Waals surface area contributed by atoms with Gasteiger partial charge in [0.05, 0.1) is 13.2 Å². The molecule has 50 heavy (non-hydrogen) atoms. The predicted molar refractivity (Wildman–Crippen MR) is 150 cm³/mol. The van der Waals surface area contributed by atoms with Gasteiger partial charge in [-0.25, -0.2) is 27.8 Å². The molecular weight excluding hydrogens is 787 g/mol. The van der Waals surface area contributed by atoms with Crippen LogP contribution in [-0.2, 0) is 49.7 Å². The van der Waals surface area contributed by atoms with Crippen molar-refractivity contribution in [2.75, 3.05) is 13.2 Å². The van der Waals surface area contributed by atoms with Crippen molar-refractivity contribution in [3.8, 4) is 0 Å². The number of ether oxygens (including phenoxy) is 2. The largest absolute Gasteiger partial charge is 1.00 e. The van der Waals surface area contributed by atoms with Crippen molar-refractivity contribution in [3.63, 3.8) is 0 Å². The summed E-state index contributed by atoms with van der Waals surface area (Å²) in [6, 6.07) is 1.73. The maximum absolute atomic E-state index is 12.2. The third-order valence-corrected chi connectivity index (χ3v) is 12.3. The van der Waals surface area contributed by atoms with E-state index >= 15 is 0 Å². The van der Waals surface area contributed by atoms with Crippen LogP contribution in [0.1, 0.15) is 13.9 Å². The molecule has 4 rings (SSSR count). The van der Waals surface area contributed by atoms with E-state index in [1.807, 2.05) is 9.97 Å². The number of aliphatic hydroxyl groups is 4. The normalized spacial score (nSPS) is 31.5. The van der Waals surface area contributed by atoms with E-state index in [0.717, 1.165) is 24.5 Å². The summed E-state index contributed by atoms with van der Waals surface area (Å²) >= 11 is 0. The Labute approximate surface area is 298 Å². The average Bonchev–Trinajstić information content (AvgIpc) is 3.38. The number of aromatic nitrogens is 4. The molecule has 0 amide bonds. The van der Waals surface area contributed by atoms with Gasteiger partial charge in [-0.3, -0.25) is 37.7 Å². The van der Waals surface area contributed by atoms with Crippen LogP contribution in [0, 0.1) is 0 Å². The molecule has 2 aromatic heterocycles. The van der Waals surface area contributed by atoms with E-state index in [1.54, 1.807) is 0 Å². The maximum Gasteiger partial charge on any atom is 1.00 e. The molecule has 2 saturated heterocycles. The molecule has 0 saturated carbocycles. The summed E-state index contributed by atoms with van der Waals surface area (Å²) < 4.78 is 80.5. The van der Waals surface area contributed by atoms with Gasteiger partial charge in [-0.2, -0.15) is 12.9 Å². The maximum atomic E-state index is 12.2. The number of phosphoric ester groups is 2. The Kier molecular flexibility index (Phi) is 14.1. The van der Waals surface area contributed by atoms with E-state index in [4.69, 9.17) is 9.47 Å². The minimum absolute atomic E-state index is 0. The molecule has 4 unspecified atom stereocenters. The van der Waals surface area contributed by atoms with Gasteiger partial charge in [0.1, 0.15) is 36.6 Å². The molecule has 0 bridgehead atoms. The number of nitrogens with one attached hydrogen (secondary N) is 2. The molecule has 0 aliphatic carbocycles. The van der Waals surface area contributed by atoms with Gasteiger partial charge in [0, 0.05) is 24.5 Å². The fraction of sp³-hybridized carbons (Fsp3) is 0.556. The molecule has 0 spiro atoms. The molecule has 10 N–H and O–H groups in total. The predicted octanol–water partition coefficient (Wildman–Crippen LogP) is -7.07. The molecule has 32 heteroatoms. The number of hydrogen-bond donors (Lipinski definition) is 10. The quantitative estimate of drug-likeness (QED) is 0.0625. The summed E-state index contributed by atoms with van der Waals surface area (Å²) in [5.41, 5.74) is -3.78. The van der Waals surface area contributed by atoms with Crippen molar-refractivity contribution in [1.82, 2.24) is 19.1 Å². The molecule has 2 aromatic rings. The standard InChI is InChI=1S/C18H26N4O23P4.Na.H/c23-9-1-3-21(17(29)19-9)15-13(27)11(25)7(41-15)5-39-46(31,32)43-48(35,36)45-49(37,38)44-47(33,34)40-6-8-12(26)14(28)16(42-8)22-4-2-10(24)20-18(22)30;;/h1-4,7-8,11-16,25-28H,5-6H2,(H,31,32)(H,33,34)(H,35,36)(H,37,38)(H,19,23,29)(H,20,24,30);;/q;+1;-1/t7-,8-,11-,12-,13-,14-,15-,16+;;/m1../s1. The number of H-pyrrole nitrogens is 2. The van der Waals surface area contributed by atoms with E-state index < -0.39 is 116 Å². The van der Waals surface area contributed by atoms with Gasteiger partial charge in [-0.05, 0) is 0 Å². The van der Waals surface area contributed by atoms with Gasteiger partial charge in [-0.1, -0.05) is 0 Å². The van der Waals surface area contributed by atoms with Crippen LogP contribution < -0.4 is 52.1 Å². The molecule has 2 aliphatic heterocycles. The summed E-state index contributed by atoms with van der Waals surface area (Å²) in [4.78, 5) is 89.1. The second-order valence-electron chi connectivity index (χ2n) is 9.84. The topological polar surface area (TPSA) is 404 Å². The average molecular weight is 814 g/mol. The van der Waals surface area contributed by atoms with Crippen LogP contribution in [0.4, 0.5) is 0 Å². The first-order valence-corrected chi connectivity index (χ1v) is 18.9. The van der Waals surface area contributed by atoms with E-state index in [2.05, 4.69) is 22.0 Å². The monoisotopic (exact) mass is 814 g/mol. The summed E-state index contributed by atoms with van der Waals surface area (Å²) in [6.07, 6.45) is -12.6. The van der Waals surface area contributed by atoms with Gasteiger partial charge in [-0.15, -0.1) is 0 Å². The van der Waals surface area contributed by atoms with Crippen molar-refractivity contribution >= 4 is 31.3 Å². The number of nitrogens with zero attached hydrogens (tertiary/aromatic N) is 2. The Hall–Kier alpha value is -1.32. The molecule has 0 radical (unpaired) electrons. The Balaban J connectivity index is 0.00000451. The summed E-state index contributed by atoms with van der Waals surface area (Å²) in [5.74, 6) is 0. The van der Waals surface area contributed by atoms with Gasteiger partial charge in [0.15, 0.2) is 12.5 Å². The zero-order valence-corrected chi connectivity index (χ0v) is 30.3. The number of hydrogen-bond acceptors (Lipinski definition) is 19. The van der Waals surface area contributed by atoms with Crippen molar-refractivity contribution in [2.24, 2.45) is 0 Å². The molecule has 4 heterocycles. The second kappa shape index (κ2) is 16.4. The first-order valence-electron chi connectivity index (χ1n) is 12.9. The fourth-order valence-corrected chi connectivity index (χ4v) is 9.20. The fourth-order valence-electron chi connectivity index (χ4n) is 4.25. The van der Waals surface area contributed by atoms with E-state index in [-0.39, 0.29) is 31.0 Å². The minimum Gasteiger partial charge on any atom is -1.00 e. The van der Waals surface area contributed by atoms with Crippen LogP contribution in [0.15, 0.2) is 43.7 Å². The van der Waals surface area contributed by atoms with Gasteiger partial charge in [0.2, 0.25) is 0 Å². The third kappa shape index (κ3) is 10.9. The molecular formula is C18H27N4NaO23P4. The van der Waals surface area contributed by atoms with Gasteiger partial charge >= 0.3 is 72.2 Å². The Morgan fingerprint density at radius 1 is 0.620 bits per heavy atom. The van der Waals surface area contributed by atoms with Crippen LogP contribution >= 0.6 is 31.3 Å². The number of aromatic amines is 2. The molecule has 0 aromatic carbocycles. The molecule has 27 nitrogen and oxygen atoms in total. The van der Waals surface area contributed by atoms with Crippen LogP contribution in [0.25, 0.3) is 0 Å². The van der Waals surface area contributed by atoms with Crippen molar-refractivity contribution < 1.29 is 121 Å². The minimum atomic E-state index is -6.24. The van der Waals surface area contributed by atoms with Crippen LogP contribution in [0.3, 0.4) is 0 Å². The molecule has 2 aliphatic rings. The van der Waals surface area contributed by atoms with E-state index in [9.17, 15) is 77.4 Å². The Morgan fingerprint density at radius 2 is 0.940 bits per heavy atom. The smallest absolute Gasteiger partial charge is 1.00 e. The van der Waals surface area contributed by atoms with E-state index in [0.29, 0.717) is 9.13 Å². The van der Waals surface area contributed by atoms with Crippen LogP contribution in [-0.4, -0.2) is 109 Å².